The van der Waals surface area contributed by atoms with Gasteiger partial charge in [-0.15, -0.1) is 11.3 Å². The molecule has 3 rings (SSSR count). The van der Waals surface area contributed by atoms with Gasteiger partial charge in [0.1, 0.15) is 11.5 Å². The van der Waals surface area contributed by atoms with E-state index in [1.807, 2.05) is 11.1 Å². The van der Waals surface area contributed by atoms with Crippen LogP contribution in [0.3, 0.4) is 0 Å². The fourth-order valence-electron chi connectivity index (χ4n) is 3.00. The summed E-state index contributed by atoms with van der Waals surface area (Å²) in [6.07, 6.45) is 6.71. The van der Waals surface area contributed by atoms with Gasteiger partial charge in [-0.2, -0.15) is 0 Å². The molecule has 1 amide bonds. The van der Waals surface area contributed by atoms with Crippen molar-refractivity contribution in [1.29, 1.82) is 0 Å². The van der Waals surface area contributed by atoms with Gasteiger partial charge >= 0.3 is 0 Å². The maximum absolute atomic E-state index is 12.7. The van der Waals surface area contributed by atoms with Crippen molar-refractivity contribution >= 4 is 17.2 Å². The summed E-state index contributed by atoms with van der Waals surface area (Å²) in [6.45, 7) is 5.86. The van der Waals surface area contributed by atoms with Gasteiger partial charge in [0.2, 0.25) is 0 Å². The molecule has 0 aliphatic carbocycles. The van der Waals surface area contributed by atoms with Crippen molar-refractivity contribution in [1.82, 2.24) is 19.9 Å². The lowest BCUT2D eigenvalue weighted by molar-refractivity contribution is 0.0683. The molecule has 0 bridgehead atoms. The Hall–Kier alpha value is -1.69. The molecule has 0 spiro atoms. The van der Waals surface area contributed by atoms with Crippen LogP contribution in [-0.2, 0) is 6.42 Å². The Labute approximate surface area is 134 Å². The first-order valence-corrected chi connectivity index (χ1v) is 8.74. The van der Waals surface area contributed by atoms with Gasteiger partial charge < -0.3 is 9.88 Å². The standard InChI is InChI=1S/C16H22N4OS/c1-11(2)15-14(19-10-22-15)16(21)20-7-3-12(4-8-20)9-13-17-5-6-18-13/h5-6,10-12H,3-4,7-9H2,1-2H3,(H,17,18). The number of aromatic nitrogens is 3. The number of carbonyl (C=O) groups is 1. The average molecular weight is 318 g/mol. The number of thiazole rings is 1. The molecule has 3 heterocycles. The fraction of sp³-hybridized carbons (Fsp3) is 0.562. The molecule has 1 N–H and O–H groups in total. The maximum Gasteiger partial charge on any atom is 0.273 e. The first-order chi connectivity index (χ1) is 10.6. The topological polar surface area (TPSA) is 61.9 Å². The molecule has 0 aromatic carbocycles. The number of hydrogen-bond acceptors (Lipinski definition) is 4. The molecule has 22 heavy (non-hydrogen) atoms. The third-order valence-electron chi connectivity index (χ3n) is 4.26. The lowest BCUT2D eigenvalue weighted by atomic mass is 9.93. The molecule has 1 aliphatic heterocycles. The molecule has 2 aromatic heterocycles. The number of likely N-dealkylation sites (tertiary alicyclic amines) is 1. The van der Waals surface area contributed by atoms with Crippen molar-refractivity contribution < 1.29 is 4.79 Å². The molecule has 2 aromatic rings. The van der Waals surface area contributed by atoms with E-state index in [1.165, 1.54) is 0 Å². The molecular formula is C16H22N4OS. The first-order valence-electron chi connectivity index (χ1n) is 7.86. The van der Waals surface area contributed by atoms with Gasteiger partial charge in [0.25, 0.3) is 5.91 Å². The van der Waals surface area contributed by atoms with E-state index in [-0.39, 0.29) is 5.91 Å². The van der Waals surface area contributed by atoms with Gasteiger partial charge in [-0.25, -0.2) is 9.97 Å². The molecule has 118 valence electrons. The summed E-state index contributed by atoms with van der Waals surface area (Å²) in [5.41, 5.74) is 2.44. The number of carbonyl (C=O) groups excluding carboxylic acids is 1. The fourth-order valence-corrected chi connectivity index (χ4v) is 3.79. The summed E-state index contributed by atoms with van der Waals surface area (Å²) >= 11 is 1.58. The number of amides is 1. The van der Waals surface area contributed by atoms with Gasteiger partial charge in [-0.1, -0.05) is 13.8 Å². The van der Waals surface area contributed by atoms with E-state index in [4.69, 9.17) is 0 Å². The van der Waals surface area contributed by atoms with Crippen LogP contribution < -0.4 is 0 Å². The van der Waals surface area contributed by atoms with Crippen LogP contribution in [-0.4, -0.2) is 38.8 Å². The van der Waals surface area contributed by atoms with Gasteiger partial charge in [0.05, 0.1) is 5.51 Å². The molecule has 5 nitrogen and oxygen atoms in total. The Bertz CT molecular complexity index is 612. The molecular weight excluding hydrogens is 296 g/mol. The monoisotopic (exact) mass is 318 g/mol. The third-order valence-corrected chi connectivity index (χ3v) is 5.39. The Morgan fingerprint density at radius 3 is 2.82 bits per heavy atom. The number of imidazole rings is 1. The molecule has 6 heteroatoms. The van der Waals surface area contributed by atoms with Crippen LogP contribution in [0, 0.1) is 5.92 Å². The minimum Gasteiger partial charge on any atom is -0.349 e. The van der Waals surface area contributed by atoms with Crippen molar-refractivity contribution in [2.45, 2.75) is 39.0 Å². The van der Waals surface area contributed by atoms with Crippen molar-refractivity contribution in [3.63, 3.8) is 0 Å². The molecule has 0 saturated carbocycles. The van der Waals surface area contributed by atoms with Crippen LogP contribution in [0.1, 0.15) is 53.8 Å². The van der Waals surface area contributed by atoms with Gasteiger partial charge in [0.15, 0.2) is 0 Å². The minimum atomic E-state index is 0.0985. The quantitative estimate of drug-likeness (QED) is 0.942. The Kier molecular flexibility index (Phi) is 4.57. The van der Waals surface area contributed by atoms with E-state index in [0.717, 1.165) is 43.1 Å². The largest absolute Gasteiger partial charge is 0.349 e. The second-order valence-electron chi connectivity index (χ2n) is 6.20. The summed E-state index contributed by atoms with van der Waals surface area (Å²) < 4.78 is 0. The Morgan fingerprint density at radius 2 is 2.18 bits per heavy atom. The lowest BCUT2D eigenvalue weighted by Gasteiger charge is -2.31. The van der Waals surface area contributed by atoms with Crippen LogP contribution in [0.15, 0.2) is 17.9 Å². The van der Waals surface area contributed by atoms with Gasteiger partial charge in [-0.05, 0) is 24.7 Å². The minimum absolute atomic E-state index is 0.0985. The highest BCUT2D eigenvalue weighted by Gasteiger charge is 2.27. The Morgan fingerprint density at radius 1 is 1.41 bits per heavy atom. The third kappa shape index (κ3) is 3.21. The normalized spacial score (nSPS) is 16.4. The predicted octanol–water partition coefficient (Wildman–Crippen LogP) is 3.08. The second-order valence-corrected chi connectivity index (χ2v) is 7.08. The van der Waals surface area contributed by atoms with E-state index in [2.05, 4.69) is 28.8 Å². The lowest BCUT2D eigenvalue weighted by Crippen LogP contribution is -2.39. The van der Waals surface area contributed by atoms with Gasteiger partial charge in [-0.3, -0.25) is 4.79 Å². The maximum atomic E-state index is 12.7. The highest BCUT2D eigenvalue weighted by molar-refractivity contribution is 7.10. The van der Waals surface area contributed by atoms with Crippen LogP contribution in [0.2, 0.25) is 0 Å². The van der Waals surface area contributed by atoms with Crippen molar-refractivity contribution in [2.75, 3.05) is 13.1 Å². The van der Waals surface area contributed by atoms with Crippen LogP contribution in [0.25, 0.3) is 0 Å². The molecule has 1 saturated heterocycles. The number of hydrogen-bond donors (Lipinski definition) is 1. The molecule has 0 radical (unpaired) electrons. The predicted molar refractivity (Wildman–Crippen MR) is 87.1 cm³/mol. The van der Waals surface area contributed by atoms with E-state index < -0.39 is 0 Å². The van der Waals surface area contributed by atoms with Crippen LogP contribution >= 0.6 is 11.3 Å². The van der Waals surface area contributed by atoms with Crippen molar-refractivity contribution in [3.05, 3.63) is 34.3 Å². The number of rotatable bonds is 4. The summed E-state index contributed by atoms with van der Waals surface area (Å²) in [6, 6.07) is 0. The second kappa shape index (κ2) is 6.60. The number of aromatic amines is 1. The van der Waals surface area contributed by atoms with Crippen molar-refractivity contribution in [3.8, 4) is 0 Å². The molecule has 0 unspecified atom stereocenters. The zero-order valence-corrected chi connectivity index (χ0v) is 13.9. The van der Waals surface area contributed by atoms with E-state index in [0.29, 0.717) is 17.5 Å². The van der Waals surface area contributed by atoms with Crippen LogP contribution in [0.5, 0.6) is 0 Å². The summed E-state index contributed by atoms with van der Waals surface area (Å²) in [4.78, 5) is 27.5. The molecule has 0 atom stereocenters. The smallest absolute Gasteiger partial charge is 0.273 e. The number of nitrogens with one attached hydrogen (secondary N) is 1. The zero-order valence-electron chi connectivity index (χ0n) is 13.1. The SMILES string of the molecule is CC(C)c1scnc1C(=O)N1CCC(Cc2ncc[nH]2)CC1. The number of nitrogens with zero attached hydrogens (tertiary/aromatic N) is 3. The average Bonchev–Trinajstić information content (AvgIpc) is 3.18. The van der Waals surface area contributed by atoms with E-state index in [1.54, 1.807) is 23.0 Å². The number of H-pyrrole nitrogens is 1. The summed E-state index contributed by atoms with van der Waals surface area (Å²) in [7, 11) is 0. The number of piperidine rings is 1. The zero-order chi connectivity index (χ0) is 15.5. The van der Waals surface area contributed by atoms with E-state index >= 15 is 0 Å². The van der Waals surface area contributed by atoms with E-state index in [9.17, 15) is 4.79 Å². The molecule has 1 aliphatic rings. The Balaban J connectivity index is 1.59. The van der Waals surface area contributed by atoms with Gasteiger partial charge in [0, 0.05) is 36.8 Å². The summed E-state index contributed by atoms with van der Waals surface area (Å²) in [5.74, 6) is 2.10. The molecule has 1 fully saturated rings. The highest BCUT2D eigenvalue weighted by Crippen LogP contribution is 2.26. The van der Waals surface area contributed by atoms with Crippen molar-refractivity contribution in [2.24, 2.45) is 5.92 Å². The first kappa shape index (κ1) is 15.2. The summed E-state index contributed by atoms with van der Waals surface area (Å²) in [5, 5.41) is 0. The highest BCUT2D eigenvalue weighted by atomic mass is 32.1. The van der Waals surface area contributed by atoms with Crippen LogP contribution in [0.4, 0.5) is 0 Å².